The molecule has 1 saturated carbocycles. The number of hydrogen-bond donors (Lipinski definition) is 1. The first-order chi connectivity index (χ1) is 6.86. The van der Waals surface area contributed by atoms with Gasteiger partial charge in [0.1, 0.15) is 6.04 Å². The van der Waals surface area contributed by atoms with Crippen LogP contribution in [0.15, 0.2) is 0 Å². The van der Waals surface area contributed by atoms with Crippen LogP contribution in [0, 0.1) is 11.3 Å². The lowest BCUT2D eigenvalue weighted by atomic mass is 9.86. The SMILES string of the molecule is COC(=O)[C@@H](NC(=O)C1CC1)C(C)(C)C. The largest absolute Gasteiger partial charge is 0.467 e. The third-order valence-corrected chi connectivity index (χ3v) is 2.54. The maximum Gasteiger partial charge on any atom is 0.328 e. The van der Waals surface area contributed by atoms with Crippen LogP contribution < -0.4 is 5.32 Å². The number of carbonyl (C=O) groups is 2. The van der Waals surface area contributed by atoms with Crippen molar-refractivity contribution in [2.24, 2.45) is 11.3 Å². The molecular weight excluding hydrogens is 194 g/mol. The Morgan fingerprint density at radius 3 is 2.20 bits per heavy atom. The van der Waals surface area contributed by atoms with Gasteiger partial charge in [0.25, 0.3) is 0 Å². The van der Waals surface area contributed by atoms with E-state index in [-0.39, 0.29) is 23.2 Å². The van der Waals surface area contributed by atoms with E-state index >= 15 is 0 Å². The summed E-state index contributed by atoms with van der Waals surface area (Å²) < 4.78 is 4.69. The van der Waals surface area contributed by atoms with Crippen molar-refractivity contribution in [3.8, 4) is 0 Å². The number of esters is 1. The van der Waals surface area contributed by atoms with Gasteiger partial charge in [0.2, 0.25) is 5.91 Å². The van der Waals surface area contributed by atoms with E-state index in [1.807, 2.05) is 20.8 Å². The normalized spacial score (nSPS) is 18.1. The lowest BCUT2D eigenvalue weighted by molar-refractivity contribution is -0.148. The number of methoxy groups -OCH3 is 1. The van der Waals surface area contributed by atoms with Crippen molar-refractivity contribution in [1.29, 1.82) is 0 Å². The average molecular weight is 213 g/mol. The fourth-order valence-corrected chi connectivity index (χ4v) is 1.35. The summed E-state index contributed by atoms with van der Waals surface area (Å²) in [6.07, 6.45) is 1.87. The van der Waals surface area contributed by atoms with Gasteiger partial charge in [-0.05, 0) is 18.3 Å². The Kier molecular flexibility index (Phi) is 3.37. The molecule has 0 unspecified atom stereocenters. The smallest absolute Gasteiger partial charge is 0.328 e. The molecule has 4 heteroatoms. The molecule has 1 fully saturated rings. The van der Waals surface area contributed by atoms with Gasteiger partial charge in [-0.25, -0.2) is 4.79 Å². The summed E-state index contributed by atoms with van der Waals surface area (Å²) in [4.78, 5) is 23.1. The minimum absolute atomic E-state index is 0.0275. The second-order valence-corrected chi connectivity index (χ2v) is 5.11. The topological polar surface area (TPSA) is 55.4 Å². The predicted molar refractivity (Wildman–Crippen MR) is 56.1 cm³/mol. The number of nitrogens with one attached hydrogen (secondary N) is 1. The number of amides is 1. The molecule has 0 aliphatic heterocycles. The maximum absolute atomic E-state index is 11.6. The molecule has 0 aromatic carbocycles. The molecule has 4 nitrogen and oxygen atoms in total. The zero-order chi connectivity index (χ0) is 11.6. The van der Waals surface area contributed by atoms with Gasteiger partial charge >= 0.3 is 5.97 Å². The van der Waals surface area contributed by atoms with E-state index in [1.165, 1.54) is 7.11 Å². The lowest BCUT2D eigenvalue weighted by Crippen LogP contribution is -2.50. The third-order valence-electron chi connectivity index (χ3n) is 2.54. The first kappa shape index (κ1) is 12.0. The molecule has 1 N–H and O–H groups in total. The lowest BCUT2D eigenvalue weighted by Gasteiger charge is -2.29. The number of carbonyl (C=O) groups excluding carboxylic acids is 2. The highest BCUT2D eigenvalue weighted by molar-refractivity contribution is 5.87. The number of hydrogen-bond acceptors (Lipinski definition) is 3. The Balaban J connectivity index is 2.63. The van der Waals surface area contributed by atoms with Crippen LogP contribution >= 0.6 is 0 Å². The highest BCUT2D eigenvalue weighted by atomic mass is 16.5. The molecule has 0 heterocycles. The molecule has 15 heavy (non-hydrogen) atoms. The summed E-state index contributed by atoms with van der Waals surface area (Å²) in [5.41, 5.74) is -0.322. The van der Waals surface area contributed by atoms with Gasteiger partial charge in [0, 0.05) is 5.92 Å². The Bertz CT molecular complexity index is 263. The molecule has 1 atom stereocenters. The van der Waals surface area contributed by atoms with Gasteiger partial charge < -0.3 is 10.1 Å². The molecular formula is C11H19NO3. The van der Waals surface area contributed by atoms with Crippen molar-refractivity contribution in [1.82, 2.24) is 5.32 Å². The van der Waals surface area contributed by atoms with Crippen LogP contribution in [0.5, 0.6) is 0 Å². The second-order valence-electron chi connectivity index (χ2n) is 5.11. The third kappa shape index (κ3) is 3.22. The minimum Gasteiger partial charge on any atom is -0.467 e. The Labute approximate surface area is 90.4 Å². The van der Waals surface area contributed by atoms with Gasteiger partial charge in [0.15, 0.2) is 0 Å². The van der Waals surface area contributed by atoms with Crippen molar-refractivity contribution < 1.29 is 14.3 Å². The van der Waals surface area contributed by atoms with Crippen LogP contribution in [0.25, 0.3) is 0 Å². The Morgan fingerprint density at radius 2 is 1.87 bits per heavy atom. The van der Waals surface area contributed by atoms with E-state index in [4.69, 9.17) is 0 Å². The van der Waals surface area contributed by atoms with E-state index in [9.17, 15) is 9.59 Å². The maximum atomic E-state index is 11.6. The second kappa shape index (κ2) is 4.21. The van der Waals surface area contributed by atoms with Crippen LogP contribution in [0.2, 0.25) is 0 Å². The molecule has 86 valence electrons. The van der Waals surface area contributed by atoms with Crippen LogP contribution in [0.4, 0.5) is 0 Å². The quantitative estimate of drug-likeness (QED) is 0.714. The average Bonchev–Trinajstić information content (AvgIpc) is 2.93. The van der Waals surface area contributed by atoms with Gasteiger partial charge in [-0.1, -0.05) is 20.8 Å². The first-order valence-corrected chi connectivity index (χ1v) is 5.24. The van der Waals surface area contributed by atoms with E-state index in [2.05, 4.69) is 10.1 Å². The van der Waals surface area contributed by atoms with Crippen molar-refractivity contribution in [3.63, 3.8) is 0 Å². The summed E-state index contributed by atoms with van der Waals surface area (Å²) >= 11 is 0. The molecule has 0 aromatic rings. The van der Waals surface area contributed by atoms with E-state index in [0.29, 0.717) is 0 Å². The molecule has 1 aliphatic carbocycles. The summed E-state index contributed by atoms with van der Waals surface area (Å²) in [5.74, 6) is -0.295. The van der Waals surface area contributed by atoms with Crippen molar-refractivity contribution in [2.75, 3.05) is 7.11 Å². The monoisotopic (exact) mass is 213 g/mol. The van der Waals surface area contributed by atoms with Crippen LogP contribution in [0.3, 0.4) is 0 Å². The van der Waals surface area contributed by atoms with Crippen molar-refractivity contribution in [3.05, 3.63) is 0 Å². The standard InChI is InChI=1S/C11H19NO3/c1-11(2,3)8(10(14)15-4)12-9(13)7-5-6-7/h7-8H,5-6H2,1-4H3,(H,12,13)/t8-/m1/s1. The van der Waals surface area contributed by atoms with Crippen LogP contribution in [-0.4, -0.2) is 25.0 Å². The van der Waals surface area contributed by atoms with Gasteiger partial charge in [-0.15, -0.1) is 0 Å². The van der Waals surface area contributed by atoms with Crippen LogP contribution in [-0.2, 0) is 14.3 Å². The molecule has 0 bridgehead atoms. The number of rotatable bonds is 3. The van der Waals surface area contributed by atoms with Crippen molar-refractivity contribution in [2.45, 2.75) is 39.7 Å². The van der Waals surface area contributed by atoms with Crippen LogP contribution in [0.1, 0.15) is 33.6 Å². The van der Waals surface area contributed by atoms with E-state index in [1.54, 1.807) is 0 Å². The summed E-state index contributed by atoms with van der Waals surface area (Å²) in [6, 6.07) is -0.560. The van der Waals surface area contributed by atoms with E-state index in [0.717, 1.165) is 12.8 Å². The number of ether oxygens (including phenoxy) is 1. The summed E-state index contributed by atoms with van der Waals surface area (Å²) in [7, 11) is 1.34. The molecule has 0 aromatic heterocycles. The molecule has 1 aliphatic rings. The minimum atomic E-state index is -0.560. The summed E-state index contributed by atoms with van der Waals surface area (Å²) in [6.45, 7) is 5.71. The predicted octanol–water partition coefficient (Wildman–Crippen LogP) is 1.10. The zero-order valence-electron chi connectivity index (χ0n) is 9.79. The highest BCUT2D eigenvalue weighted by Gasteiger charge is 2.37. The summed E-state index contributed by atoms with van der Waals surface area (Å²) in [5, 5.41) is 2.76. The van der Waals surface area contributed by atoms with Gasteiger partial charge in [-0.2, -0.15) is 0 Å². The fourth-order valence-electron chi connectivity index (χ4n) is 1.35. The fraction of sp³-hybridized carbons (Fsp3) is 0.818. The van der Waals surface area contributed by atoms with E-state index < -0.39 is 6.04 Å². The Hall–Kier alpha value is -1.06. The highest BCUT2D eigenvalue weighted by Crippen LogP contribution is 2.30. The van der Waals surface area contributed by atoms with Gasteiger partial charge in [0.05, 0.1) is 7.11 Å². The first-order valence-electron chi connectivity index (χ1n) is 5.24. The molecule has 0 spiro atoms. The molecule has 0 radical (unpaired) electrons. The Morgan fingerprint density at radius 1 is 1.33 bits per heavy atom. The molecule has 1 rings (SSSR count). The van der Waals surface area contributed by atoms with Crippen molar-refractivity contribution >= 4 is 11.9 Å². The van der Waals surface area contributed by atoms with Gasteiger partial charge in [-0.3, -0.25) is 4.79 Å². The molecule has 0 saturated heterocycles. The zero-order valence-corrected chi connectivity index (χ0v) is 9.79. The molecule has 1 amide bonds.